The first-order valence-corrected chi connectivity index (χ1v) is 6.98. The molecule has 0 spiro atoms. The van der Waals surface area contributed by atoms with Crippen LogP contribution in [0.15, 0.2) is 12.1 Å². The highest BCUT2D eigenvalue weighted by atomic mass is 19.1. The van der Waals surface area contributed by atoms with Crippen LogP contribution in [0.1, 0.15) is 33.6 Å². The lowest BCUT2D eigenvalue weighted by molar-refractivity contribution is 0.231. The lowest BCUT2D eigenvalue weighted by Gasteiger charge is -2.33. The molecular weight excluding hydrogens is 243 g/mol. The van der Waals surface area contributed by atoms with Gasteiger partial charge in [0.2, 0.25) is 0 Å². The summed E-state index contributed by atoms with van der Waals surface area (Å²) in [5, 5.41) is 0. The maximum atomic E-state index is 13.8. The molecule has 0 amide bonds. The normalized spacial score (nSPS) is 19.8. The largest absolute Gasteiger partial charge is 0.488 e. The van der Waals surface area contributed by atoms with Gasteiger partial charge >= 0.3 is 0 Å². The molecule has 106 valence electrons. The molecule has 0 aliphatic carbocycles. The predicted molar refractivity (Wildman–Crippen MR) is 77.2 cm³/mol. The number of ether oxygens (including phenoxy) is 1. The van der Waals surface area contributed by atoms with Gasteiger partial charge in [-0.2, -0.15) is 0 Å². The summed E-state index contributed by atoms with van der Waals surface area (Å²) in [5.74, 6) is 0.546. The molecule has 0 saturated carbocycles. The SMILES string of the molecule is CC1CCCN(c2cc(OC(C)C)c(F)cc2N)C1. The van der Waals surface area contributed by atoms with Gasteiger partial charge in [0, 0.05) is 25.2 Å². The van der Waals surface area contributed by atoms with E-state index in [4.69, 9.17) is 10.5 Å². The Morgan fingerprint density at radius 2 is 2.16 bits per heavy atom. The van der Waals surface area contributed by atoms with E-state index in [9.17, 15) is 4.39 Å². The van der Waals surface area contributed by atoms with E-state index in [2.05, 4.69) is 11.8 Å². The van der Waals surface area contributed by atoms with E-state index in [1.165, 1.54) is 12.5 Å². The van der Waals surface area contributed by atoms with Crippen LogP contribution in [0.2, 0.25) is 0 Å². The fourth-order valence-corrected chi connectivity index (χ4v) is 2.58. The van der Waals surface area contributed by atoms with Gasteiger partial charge in [0.1, 0.15) is 0 Å². The number of anilines is 2. The van der Waals surface area contributed by atoms with Gasteiger partial charge in [-0.15, -0.1) is 0 Å². The Bertz CT molecular complexity index is 448. The average molecular weight is 266 g/mol. The molecule has 1 unspecified atom stereocenters. The summed E-state index contributed by atoms with van der Waals surface area (Å²) in [6.07, 6.45) is 2.34. The number of benzene rings is 1. The molecule has 0 radical (unpaired) electrons. The third-order valence-electron chi connectivity index (χ3n) is 3.44. The van der Waals surface area contributed by atoms with Gasteiger partial charge in [0.25, 0.3) is 0 Å². The van der Waals surface area contributed by atoms with E-state index in [-0.39, 0.29) is 17.7 Å². The number of nitrogen functional groups attached to an aromatic ring is 1. The zero-order valence-corrected chi connectivity index (χ0v) is 11.9. The molecule has 1 heterocycles. The zero-order valence-electron chi connectivity index (χ0n) is 11.9. The van der Waals surface area contributed by atoms with Crippen LogP contribution < -0.4 is 15.4 Å². The van der Waals surface area contributed by atoms with E-state index in [0.29, 0.717) is 11.6 Å². The maximum absolute atomic E-state index is 13.8. The van der Waals surface area contributed by atoms with Crippen molar-refractivity contribution >= 4 is 11.4 Å². The van der Waals surface area contributed by atoms with E-state index in [1.54, 1.807) is 6.07 Å². The van der Waals surface area contributed by atoms with Crippen molar-refractivity contribution in [1.29, 1.82) is 0 Å². The maximum Gasteiger partial charge on any atom is 0.167 e. The molecule has 1 aliphatic rings. The quantitative estimate of drug-likeness (QED) is 0.852. The third-order valence-corrected chi connectivity index (χ3v) is 3.44. The second-order valence-electron chi connectivity index (χ2n) is 5.70. The number of hydrogen-bond donors (Lipinski definition) is 1. The number of nitrogens with two attached hydrogens (primary N) is 1. The van der Waals surface area contributed by atoms with Gasteiger partial charge < -0.3 is 15.4 Å². The lowest BCUT2D eigenvalue weighted by Crippen LogP contribution is -2.34. The van der Waals surface area contributed by atoms with Crippen LogP contribution in [0.25, 0.3) is 0 Å². The molecule has 1 atom stereocenters. The molecule has 1 aromatic carbocycles. The van der Waals surface area contributed by atoms with Crippen LogP contribution in [0.4, 0.5) is 15.8 Å². The molecule has 1 aliphatic heterocycles. The summed E-state index contributed by atoms with van der Waals surface area (Å²) in [5.41, 5.74) is 7.34. The number of hydrogen-bond acceptors (Lipinski definition) is 3. The molecule has 2 N–H and O–H groups in total. The smallest absolute Gasteiger partial charge is 0.167 e. The van der Waals surface area contributed by atoms with Gasteiger partial charge in [-0.3, -0.25) is 0 Å². The number of halogens is 1. The highest BCUT2D eigenvalue weighted by molar-refractivity contribution is 5.70. The Labute approximate surface area is 114 Å². The molecule has 2 rings (SSSR count). The molecule has 4 heteroatoms. The lowest BCUT2D eigenvalue weighted by atomic mass is 9.99. The minimum Gasteiger partial charge on any atom is -0.488 e. The second-order valence-corrected chi connectivity index (χ2v) is 5.70. The Balaban J connectivity index is 2.28. The van der Waals surface area contributed by atoms with Crippen LogP contribution in [-0.2, 0) is 0 Å². The molecule has 1 saturated heterocycles. The van der Waals surface area contributed by atoms with Crippen molar-refractivity contribution < 1.29 is 9.13 Å². The van der Waals surface area contributed by atoms with Crippen molar-refractivity contribution in [3.8, 4) is 5.75 Å². The van der Waals surface area contributed by atoms with Crippen LogP contribution in [-0.4, -0.2) is 19.2 Å². The Kier molecular flexibility index (Phi) is 4.17. The summed E-state index contributed by atoms with van der Waals surface area (Å²) < 4.78 is 19.3. The van der Waals surface area contributed by atoms with Crippen molar-refractivity contribution in [2.45, 2.75) is 39.7 Å². The van der Waals surface area contributed by atoms with E-state index >= 15 is 0 Å². The van der Waals surface area contributed by atoms with Gasteiger partial charge in [-0.25, -0.2) is 4.39 Å². The monoisotopic (exact) mass is 266 g/mol. The molecular formula is C15H23FN2O. The number of nitrogens with zero attached hydrogens (tertiary/aromatic N) is 1. The fraction of sp³-hybridized carbons (Fsp3) is 0.600. The summed E-state index contributed by atoms with van der Waals surface area (Å²) >= 11 is 0. The molecule has 0 bridgehead atoms. The van der Waals surface area contributed by atoms with Crippen molar-refractivity contribution in [2.75, 3.05) is 23.7 Å². The second kappa shape index (κ2) is 5.68. The number of piperidine rings is 1. The zero-order chi connectivity index (χ0) is 14.0. The topological polar surface area (TPSA) is 38.5 Å². The number of rotatable bonds is 3. The molecule has 3 nitrogen and oxygen atoms in total. The minimum absolute atomic E-state index is 0.0498. The van der Waals surface area contributed by atoms with E-state index < -0.39 is 0 Å². The first-order chi connectivity index (χ1) is 8.97. The van der Waals surface area contributed by atoms with Crippen LogP contribution in [0.5, 0.6) is 5.75 Å². The Hall–Kier alpha value is -1.45. The summed E-state index contributed by atoms with van der Waals surface area (Å²) in [6, 6.07) is 3.11. The molecule has 0 aromatic heterocycles. The average Bonchev–Trinajstić information content (AvgIpc) is 2.32. The molecule has 1 fully saturated rings. The van der Waals surface area contributed by atoms with Gasteiger partial charge in [-0.1, -0.05) is 6.92 Å². The van der Waals surface area contributed by atoms with Crippen LogP contribution >= 0.6 is 0 Å². The Morgan fingerprint density at radius 1 is 1.42 bits per heavy atom. The van der Waals surface area contributed by atoms with E-state index in [1.807, 2.05) is 13.8 Å². The highest BCUT2D eigenvalue weighted by Crippen LogP contribution is 2.33. The summed E-state index contributed by atoms with van der Waals surface area (Å²) in [7, 11) is 0. The van der Waals surface area contributed by atoms with Gasteiger partial charge in [0.15, 0.2) is 11.6 Å². The van der Waals surface area contributed by atoms with Crippen molar-refractivity contribution in [2.24, 2.45) is 5.92 Å². The third kappa shape index (κ3) is 3.31. The first-order valence-electron chi connectivity index (χ1n) is 6.98. The fourth-order valence-electron chi connectivity index (χ4n) is 2.58. The van der Waals surface area contributed by atoms with Gasteiger partial charge in [-0.05, 0) is 32.6 Å². The van der Waals surface area contributed by atoms with Gasteiger partial charge in [0.05, 0.1) is 17.5 Å². The minimum atomic E-state index is -0.389. The first kappa shape index (κ1) is 14.0. The predicted octanol–water partition coefficient (Wildman–Crippen LogP) is 3.43. The standard InChI is InChI=1S/C15H23FN2O/c1-10(2)19-15-8-14(13(17)7-12(15)16)18-6-4-5-11(3)9-18/h7-8,10-11H,4-6,9,17H2,1-3H3. The Morgan fingerprint density at radius 3 is 2.79 bits per heavy atom. The van der Waals surface area contributed by atoms with Crippen LogP contribution in [0.3, 0.4) is 0 Å². The van der Waals surface area contributed by atoms with Crippen molar-refractivity contribution in [3.63, 3.8) is 0 Å². The highest BCUT2D eigenvalue weighted by Gasteiger charge is 2.20. The summed E-state index contributed by atoms with van der Waals surface area (Å²) in [4.78, 5) is 2.23. The van der Waals surface area contributed by atoms with E-state index in [0.717, 1.165) is 25.2 Å². The van der Waals surface area contributed by atoms with Crippen molar-refractivity contribution in [1.82, 2.24) is 0 Å². The van der Waals surface area contributed by atoms with Crippen LogP contribution in [0, 0.1) is 11.7 Å². The molecule has 19 heavy (non-hydrogen) atoms. The van der Waals surface area contributed by atoms with Crippen molar-refractivity contribution in [3.05, 3.63) is 17.9 Å². The summed E-state index contributed by atoms with van der Waals surface area (Å²) in [6.45, 7) is 7.95. The molecule has 1 aromatic rings.